The lowest BCUT2D eigenvalue weighted by Crippen LogP contribution is -2.40. The molecule has 2 rings (SSSR count). The van der Waals surface area contributed by atoms with E-state index in [1.807, 2.05) is 0 Å². The Bertz CT molecular complexity index is 491. The summed E-state index contributed by atoms with van der Waals surface area (Å²) in [6, 6.07) is 8.89. The second kappa shape index (κ2) is 10.9. The third kappa shape index (κ3) is 7.83. The number of guanidine groups is 1. The van der Waals surface area contributed by atoms with E-state index in [1.54, 1.807) is 0 Å². The van der Waals surface area contributed by atoms with E-state index >= 15 is 0 Å². The van der Waals surface area contributed by atoms with Crippen LogP contribution in [0.25, 0.3) is 0 Å². The molecule has 1 fully saturated rings. The number of aryl methyl sites for hydroxylation is 1. The van der Waals surface area contributed by atoms with Crippen molar-refractivity contribution in [2.45, 2.75) is 40.2 Å². The maximum atomic E-state index is 5.91. The van der Waals surface area contributed by atoms with Crippen LogP contribution < -0.4 is 11.1 Å². The summed E-state index contributed by atoms with van der Waals surface area (Å²) in [4.78, 5) is 6.91. The van der Waals surface area contributed by atoms with Crippen LogP contribution in [0.3, 0.4) is 0 Å². The molecule has 24 heavy (non-hydrogen) atoms. The molecule has 5 heteroatoms. The fourth-order valence-corrected chi connectivity index (χ4v) is 2.89. The summed E-state index contributed by atoms with van der Waals surface area (Å²) >= 11 is 0. The summed E-state index contributed by atoms with van der Waals surface area (Å²) in [7, 11) is 0. The fourth-order valence-electron chi connectivity index (χ4n) is 2.89. The highest BCUT2D eigenvalue weighted by molar-refractivity contribution is 14.0. The van der Waals surface area contributed by atoms with E-state index in [9.17, 15) is 0 Å². The zero-order valence-corrected chi connectivity index (χ0v) is 17.6. The van der Waals surface area contributed by atoms with Crippen molar-refractivity contribution in [2.24, 2.45) is 22.6 Å². The van der Waals surface area contributed by atoms with Crippen molar-refractivity contribution in [3.05, 3.63) is 35.4 Å². The molecule has 1 heterocycles. The number of hydrogen-bond acceptors (Lipinski definition) is 2. The standard InChI is InChI=1S/C19H32N4.HI/c1-15(2)12-21-19(20)22-13-17-8-10-23(11-9-17)14-18-6-4-16(3)5-7-18;/h4-7,15,17H,8-14H2,1-3H3,(H3,20,21,22);1H. The Labute approximate surface area is 164 Å². The van der Waals surface area contributed by atoms with Crippen molar-refractivity contribution in [3.8, 4) is 0 Å². The number of likely N-dealkylation sites (tertiary alicyclic amines) is 1. The highest BCUT2D eigenvalue weighted by atomic mass is 127. The molecule has 1 aromatic rings. The van der Waals surface area contributed by atoms with Crippen molar-refractivity contribution < 1.29 is 0 Å². The van der Waals surface area contributed by atoms with Gasteiger partial charge in [-0.15, -0.1) is 24.0 Å². The molecular weight excluding hydrogens is 411 g/mol. The monoisotopic (exact) mass is 444 g/mol. The number of rotatable bonds is 6. The number of halogens is 1. The number of benzene rings is 1. The Kier molecular flexibility index (Phi) is 9.66. The molecule has 0 amide bonds. The molecule has 1 aliphatic heterocycles. The molecule has 0 unspecified atom stereocenters. The Hall–Kier alpha value is -0.820. The van der Waals surface area contributed by atoms with Crippen molar-refractivity contribution in [1.29, 1.82) is 0 Å². The Morgan fingerprint density at radius 3 is 2.46 bits per heavy atom. The molecule has 0 aliphatic carbocycles. The average Bonchev–Trinajstić information content (AvgIpc) is 2.54. The molecule has 136 valence electrons. The van der Waals surface area contributed by atoms with Gasteiger partial charge in [0.25, 0.3) is 0 Å². The molecule has 0 atom stereocenters. The van der Waals surface area contributed by atoms with E-state index in [-0.39, 0.29) is 24.0 Å². The van der Waals surface area contributed by atoms with Gasteiger partial charge < -0.3 is 11.1 Å². The van der Waals surface area contributed by atoms with Gasteiger partial charge in [0.05, 0.1) is 0 Å². The SMILES string of the molecule is Cc1ccc(CN2CCC(CNC(N)=NCC(C)C)CC2)cc1.I. The van der Waals surface area contributed by atoms with Gasteiger partial charge in [0.1, 0.15) is 0 Å². The lowest BCUT2D eigenvalue weighted by atomic mass is 9.96. The average molecular weight is 444 g/mol. The van der Waals surface area contributed by atoms with Gasteiger partial charge in [-0.05, 0) is 50.3 Å². The second-order valence-electron chi connectivity index (χ2n) is 7.21. The van der Waals surface area contributed by atoms with E-state index in [0.717, 1.165) is 19.6 Å². The van der Waals surface area contributed by atoms with Gasteiger partial charge in [0.15, 0.2) is 5.96 Å². The van der Waals surface area contributed by atoms with E-state index in [1.165, 1.54) is 37.1 Å². The van der Waals surface area contributed by atoms with Crippen LogP contribution in [0.2, 0.25) is 0 Å². The van der Waals surface area contributed by atoms with Crippen LogP contribution in [0.1, 0.15) is 37.8 Å². The van der Waals surface area contributed by atoms with Gasteiger partial charge in [0, 0.05) is 19.6 Å². The Morgan fingerprint density at radius 1 is 1.25 bits per heavy atom. The number of piperidine rings is 1. The van der Waals surface area contributed by atoms with E-state index < -0.39 is 0 Å². The lowest BCUT2D eigenvalue weighted by molar-refractivity contribution is 0.178. The molecular formula is C19H33IN4. The van der Waals surface area contributed by atoms with Crippen molar-refractivity contribution in [2.75, 3.05) is 26.2 Å². The molecule has 4 nitrogen and oxygen atoms in total. The van der Waals surface area contributed by atoms with Crippen LogP contribution >= 0.6 is 24.0 Å². The first-order chi connectivity index (χ1) is 11.0. The minimum atomic E-state index is 0. The van der Waals surface area contributed by atoms with Crippen LogP contribution in [0, 0.1) is 18.8 Å². The first-order valence-corrected chi connectivity index (χ1v) is 8.84. The Balaban J connectivity index is 0.00000288. The summed E-state index contributed by atoms with van der Waals surface area (Å²) in [6.07, 6.45) is 2.46. The summed E-state index contributed by atoms with van der Waals surface area (Å²) in [5.74, 6) is 1.86. The molecule has 1 aromatic carbocycles. The minimum absolute atomic E-state index is 0. The van der Waals surface area contributed by atoms with Gasteiger partial charge in [-0.1, -0.05) is 43.7 Å². The summed E-state index contributed by atoms with van der Waals surface area (Å²) in [5, 5.41) is 3.29. The van der Waals surface area contributed by atoms with E-state index in [0.29, 0.717) is 17.8 Å². The second-order valence-corrected chi connectivity index (χ2v) is 7.21. The topological polar surface area (TPSA) is 53.6 Å². The first-order valence-electron chi connectivity index (χ1n) is 8.84. The van der Waals surface area contributed by atoms with Crippen molar-refractivity contribution in [1.82, 2.24) is 10.2 Å². The zero-order chi connectivity index (χ0) is 16.7. The van der Waals surface area contributed by atoms with Gasteiger partial charge in [-0.3, -0.25) is 9.89 Å². The van der Waals surface area contributed by atoms with Crippen LogP contribution in [0.5, 0.6) is 0 Å². The normalized spacial score (nSPS) is 16.9. The molecule has 0 spiro atoms. The molecule has 1 aliphatic rings. The number of aliphatic imine (C=N–C) groups is 1. The van der Waals surface area contributed by atoms with Crippen LogP contribution in [0.15, 0.2) is 29.3 Å². The van der Waals surface area contributed by atoms with Gasteiger partial charge >= 0.3 is 0 Å². The highest BCUT2D eigenvalue weighted by Gasteiger charge is 2.19. The summed E-state index contributed by atoms with van der Waals surface area (Å²) < 4.78 is 0. The third-order valence-electron chi connectivity index (χ3n) is 4.43. The number of hydrogen-bond donors (Lipinski definition) is 2. The van der Waals surface area contributed by atoms with Gasteiger partial charge in [-0.2, -0.15) is 0 Å². The number of nitrogens with zero attached hydrogens (tertiary/aromatic N) is 2. The molecule has 0 bridgehead atoms. The molecule has 1 saturated heterocycles. The van der Waals surface area contributed by atoms with E-state index in [2.05, 4.69) is 60.2 Å². The quantitative estimate of drug-likeness (QED) is 0.402. The van der Waals surface area contributed by atoms with Crippen molar-refractivity contribution >= 4 is 29.9 Å². The number of nitrogens with one attached hydrogen (secondary N) is 1. The lowest BCUT2D eigenvalue weighted by Gasteiger charge is -2.32. The smallest absolute Gasteiger partial charge is 0.188 e. The molecule has 0 radical (unpaired) electrons. The predicted molar refractivity (Wildman–Crippen MR) is 114 cm³/mol. The maximum Gasteiger partial charge on any atom is 0.188 e. The third-order valence-corrected chi connectivity index (χ3v) is 4.43. The maximum absolute atomic E-state index is 5.91. The summed E-state index contributed by atoms with van der Waals surface area (Å²) in [5.41, 5.74) is 8.65. The van der Waals surface area contributed by atoms with Crippen LogP contribution in [-0.2, 0) is 6.54 Å². The first kappa shape index (κ1) is 21.2. The van der Waals surface area contributed by atoms with E-state index in [4.69, 9.17) is 5.73 Å². The largest absolute Gasteiger partial charge is 0.370 e. The highest BCUT2D eigenvalue weighted by Crippen LogP contribution is 2.18. The molecule has 0 saturated carbocycles. The zero-order valence-electron chi connectivity index (χ0n) is 15.3. The van der Waals surface area contributed by atoms with Crippen molar-refractivity contribution in [3.63, 3.8) is 0 Å². The number of nitrogens with two attached hydrogens (primary N) is 1. The summed E-state index contributed by atoms with van der Waals surface area (Å²) in [6.45, 7) is 11.6. The molecule has 3 N–H and O–H groups in total. The predicted octanol–water partition coefficient (Wildman–Crippen LogP) is 3.39. The van der Waals surface area contributed by atoms with Gasteiger partial charge in [0.2, 0.25) is 0 Å². The minimum Gasteiger partial charge on any atom is -0.370 e. The van der Waals surface area contributed by atoms with Gasteiger partial charge in [-0.25, -0.2) is 0 Å². The molecule has 0 aromatic heterocycles. The van der Waals surface area contributed by atoms with Crippen LogP contribution in [0.4, 0.5) is 0 Å². The van der Waals surface area contributed by atoms with Crippen LogP contribution in [-0.4, -0.2) is 37.0 Å². The Morgan fingerprint density at radius 2 is 1.88 bits per heavy atom. The fraction of sp³-hybridized carbons (Fsp3) is 0.632.